The molecular weight excluding hydrogens is 418 g/mol. The van der Waals surface area contributed by atoms with Crippen molar-refractivity contribution in [2.75, 3.05) is 27.3 Å². The van der Waals surface area contributed by atoms with Crippen LogP contribution in [0, 0.1) is 5.92 Å². The molecule has 2 aromatic rings. The van der Waals surface area contributed by atoms with Crippen LogP contribution in [0.4, 0.5) is 4.79 Å². The molecule has 2 N–H and O–H groups in total. The van der Waals surface area contributed by atoms with Gasteiger partial charge in [-0.3, -0.25) is 15.0 Å². The van der Waals surface area contributed by atoms with Crippen LogP contribution < -0.4 is 20.1 Å². The number of nitrogens with zero attached hydrogens (tertiary/aromatic N) is 1. The number of amides is 3. The normalized spacial score (nSPS) is 21.5. The Morgan fingerprint density at radius 1 is 1.03 bits per heavy atom. The largest absolute Gasteiger partial charge is 0.497 e. The highest BCUT2D eigenvalue weighted by Gasteiger charge is 2.51. The Morgan fingerprint density at radius 2 is 1.79 bits per heavy atom. The van der Waals surface area contributed by atoms with Gasteiger partial charge < -0.3 is 14.8 Å². The van der Waals surface area contributed by atoms with E-state index in [1.165, 1.54) is 5.56 Å². The van der Waals surface area contributed by atoms with Crippen LogP contribution >= 0.6 is 0 Å². The maximum atomic E-state index is 12.9. The number of methoxy groups -OCH3 is 2. The summed E-state index contributed by atoms with van der Waals surface area (Å²) < 4.78 is 10.9. The average Bonchev–Trinajstić information content (AvgIpc) is 3.13. The number of imide groups is 1. The number of carbonyl (C=O) groups is 2. The molecule has 2 aromatic carbocycles. The van der Waals surface area contributed by atoms with Crippen LogP contribution in [0.15, 0.2) is 48.5 Å². The van der Waals surface area contributed by atoms with Crippen LogP contribution in [0.3, 0.4) is 0 Å². The Balaban J connectivity index is 1.40. The maximum absolute atomic E-state index is 12.9. The molecule has 176 valence electrons. The Hall–Kier alpha value is -3.06. The van der Waals surface area contributed by atoms with Gasteiger partial charge in [-0.1, -0.05) is 30.3 Å². The number of nitrogens with one attached hydrogen (secondary N) is 2. The van der Waals surface area contributed by atoms with Gasteiger partial charge in [-0.25, -0.2) is 4.79 Å². The molecule has 7 nitrogen and oxygen atoms in total. The molecule has 4 rings (SSSR count). The molecule has 2 heterocycles. The lowest BCUT2D eigenvalue weighted by Gasteiger charge is -2.41. The van der Waals surface area contributed by atoms with Crippen molar-refractivity contribution in [2.45, 2.75) is 44.2 Å². The number of ether oxygens (including phenoxy) is 2. The van der Waals surface area contributed by atoms with Gasteiger partial charge in [0, 0.05) is 12.1 Å². The minimum Gasteiger partial charge on any atom is -0.497 e. The van der Waals surface area contributed by atoms with E-state index < -0.39 is 5.54 Å². The van der Waals surface area contributed by atoms with Gasteiger partial charge in [0.15, 0.2) is 0 Å². The second-order valence-electron chi connectivity index (χ2n) is 8.95. The van der Waals surface area contributed by atoms with E-state index in [4.69, 9.17) is 9.47 Å². The summed E-state index contributed by atoms with van der Waals surface area (Å²) in [7, 11) is 3.34. The van der Waals surface area contributed by atoms with Crippen LogP contribution in [0.1, 0.15) is 36.8 Å². The molecule has 33 heavy (non-hydrogen) atoms. The molecule has 1 unspecified atom stereocenters. The highest BCUT2D eigenvalue weighted by atomic mass is 16.5. The average molecular weight is 452 g/mol. The van der Waals surface area contributed by atoms with E-state index in [1.807, 2.05) is 36.4 Å². The SMILES string of the molecule is COc1ccc(OC)c(CN2CCC(C3(CCCc4ccccc4)NC(=O)NC3=O)CC2)c1. The predicted molar refractivity (Wildman–Crippen MR) is 126 cm³/mol. The first-order valence-electron chi connectivity index (χ1n) is 11.6. The molecular formula is C26H33N3O4. The summed E-state index contributed by atoms with van der Waals surface area (Å²) in [4.78, 5) is 27.4. The summed E-state index contributed by atoms with van der Waals surface area (Å²) in [5.74, 6) is 1.60. The molecule has 0 radical (unpaired) electrons. The number of benzene rings is 2. The van der Waals surface area contributed by atoms with Crippen molar-refractivity contribution >= 4 is 11.9 Å². The fraction of sp³-hybridized carbons (Fsp3) is 0.462. The minimum atomic E-state index is -0.814. The number of carbonyl (C=O) groups excluding carboxylic acids is 2. The molecule has 1 atom stereocenters. The van der Waals surface area contributed by atoms with Crippen molar-refractivity contribution < 1.29 is 19.1 Å². The highest BCUT2D eigenvalue weighted by molar-refractivity contribution is 6.07. The zero-order valence-electron chi connectivity index (χ0n) is 19.4. The van der Waals surface area contributed by atoms with Crippen molar-refractivity contribution in [2.24, 2.45) is 5.92 Å². The summed E-state index contributed by atoms with van der Waals surface area (Å²) in [6, 6.07) is 15.7. The van der Waals surface area contributed by atoms with Gasteiger partial charge in [0.2, 0.25) is 0 Å². The first-order chi connectivity index (χ1) is 16.0. The molecule has 0 spiro atoms. The quantitative estimate of drug-likeness (QED) is 0.571. The topological polar surface area (TPSA) is 79.9 Å². The zero-order chi connectivity index (χ0) is 23.3. The van der Waals surface area contributed by atoms with Crippen molar-refractivity contribution in [3.63, 3.8) is 0 Å². The monoisotopic (exact) mass is 451 g/mol. The fourth-order valence-corrected chi connectivity index (χ4v) is 5.22. The van der Waals surface area contributed by atoms with Gasteiger partial charge in [-0.2, -0.15) is 0 Å². The van der Waals surface area contributed by atoms with E-state index in [1.54, 1.807) is 14.2 Å². The van der Waals surface area contributed by atoms with Gasteiger partial charge >= 0.3 is 6.03 Å². The molecule has 7 heteroatoms. The standard InChI is InChI=1S/C26H33N3O4/c1-32-22-10-11-23(33-2)20(17-22)18-29-15-12-21(13-16-29)26(24(30)27-25(31)28-26)14-6-9-19-7-4-3-5-8-19/h3-5,7-8,10-11,17,21H,6,9,12-16,18H2,1-2H3,(H2,27,28,30,31). The Labute approximate surface area is 195 Å². The summed E-state index contributed by atoms with van der Waals surface area (Å²) in [5.41, 5.74) is 1.52. The Morgan fingerprint density at radius 3 is 2.42 bits per heavy atom. The van der Waals surface area contributed by atoms with Crippen LogP contribution in [0.2, 0.25) is 0 Å². The van der Waals surface area contributed by atoms with Crippen LogP contribution in [0.25, 0.3) is 0 Å². The van der Waals surface area contributed by atoms with Gasteiger partial charge in [-0.15, -0.1) is 0 Å². The summed E-state index contributed by atoms with van der Waals surface area (Å²) >= 11 is 0. The Bertz CT molecular complexity index is 973. The smallest absolute Gasteiger partial charge is 0.322 e. The maximum Gasteiger partial charge on any atom is 0.322 e. The second kappa shape index (κ2) is 10.3. The molecule has 2 aliphatic heterocycles. The summed E-state index contributed by atoms with van der Waals surface area (Å²) in [6.45, 7) is 2.47. The molecule has 2 fully saturated rings. The minimum absolute atomic E-state index is 0.114. The first-order valence-corrected chi connectivity index (χ1v) is 11.6. The van der Waals surface area contributed by atoms with E-state index >= 15 is 0 Å². The fourth-order valence-electron chi connectivity index (χ4n) is 5.22. The van der Waals surface area contributed by atoms with Gasteiger partial charge in [0.05, 0.1) is 14.2 Å². The third kappa shape index (κ3) is 5.14. The van der Waals surface area contributed by atoms with Crippen molar-refractivity contribution in [3.8, 4) is 11.5 Å². The van der Waals surface area contributed by atoms with E-state index in [2.05, 4.69) is 27.7 Å². The summed E-state index contributed by atoms with van der Waals surface area (Å²) in [5, 5.41) is 5.52. The number of urea groups is 1. The third-order valence-electron chi connectivity index (χ3n) is 7.01. The first kappa shape index (κ1) is 23.1. The molecule has 0 saturated carbocycles. The van der Waals surface area contributed by atoms with Gasteiger partial charge in [0.1, 0.15) is 17.0 Å². The van der Waals surface area contributed by atoms with Gasteiger partial charge in [0.25, 0.3) is 5.91 Å². The lowest BCUT2D eigenvalue weighted by Crippen LogP contribution is -2.56. The number of piperidine rings is 1. The lowest BCUT2D eigenvalue weighted by atomic mass is 9.74. The summed E-state index contributed by atoms with van der Waals surface area (Å²) in [6.07, 6.45) is 4.09. The van der Waals surface area contributed by atoms with Crippen molar-refractivity contribution in [1.29, 1.82) is 0 Å². The predicted octanol–water partition coefficient (Wildman–Crippen LogP) is 3.52. The van der Waals surface area contributed by atoms with Crippen LogP contribution in [0.5, 0.6) is 11.5 Å². The number of likely N-dealkylation sites (tertiary alicyclic amines) is 1. The molecule has 0 bridgehead atoms. The number of hydrogen-bond acceptors (Lipinski definition) is 5. The number of aryl methyl sites for hydroxylation is 1. The van der Waals surface area contributed by atoms with E-state index in [0.29, 0.717) is 6.42 Å². The van der Waals surface area contributed by atoms with E-state index in [0.717, 1.165) is 62.4 Å². The molecule has 2 aliphatic rings. The Kier molecular flexibility index (Phi) is 7.18. The molecule has 2 saturated heterocycles. The zero-order valence-corrected chi connectivity index (χ0v) is 19.4. The highest BCUT2D eigenvalue weighted by Crippen LogP contribution is 2.36. The van der Waals surface area contributed by atoms with E-state index in [9.17, 15) is 9.59 Å². The van der Waals surface area contributed by atoms with Crippen molar-refractivity contribution in [1.82, 2.24) is 15.5 Å². The third-order valence-corrected chi connectivity index (χ3v) is 7.01. The van der Waals surface area contributed by atoms with Gasteiger partial charge in [-0.05, 0) is 74.9 Å². The van der Waals surface area contributed by atoms with Crippen LogP contribution in [-0.4, -0.2) is 49.7 Å². The molecule has 0 aliphatic carbocycles. The lowest BCUT2D eigenvalue weighted by molar-refractivity contribution is -0.127. The molecule has 3 amide bonds. The second-order valence-corrected chi connectivity index (χ2v) is 8.95. The molecule has 0 aromatic heterocycles. The van der Waals surface area contributed by atoms with Crippen LogP contribution in [-0.2, 0) is 17.8 Å². The number of hydrogen-bond donors (Lipinski definition) is 2. The van der Waals surface area contributed by atoms with Crippen molar-refractivity contribution in [3.05, 3.63) is 59.7 Å². The number of rotatable bonds is 9. The van der Waals surface area contributed by atoms with E-state index in [-0.39, 0.29) is 17.9 Å².